The summed E-state index contributed by atoms with van der Waals surface area (Å²) in [6.45, 7) is 2.02. The molecule has 4 heteroatoms. The lowest BCUT2D eigenvalue weighted by atomic mass is 10.1. The number of aliphatic carboxylic acids is 1. The SMILES string of the molecule is CCO/C(=C\c1ccc(C#N)cc1)C(=O)O. The molecule has 0 saturated carbocycles. The molecule has 4 nitrogen and oxygen atoms in total. The minimum absolute atomic E-state index is 0.104. The topological polar surface area (TPSA) is 70.3 Å². The molecule has 0 unspecified atom stereocenters. The van der Waals surface area contributed by atoms with Crippen LogP contribution in [0.3, 0.4) is 0 Å². The van der Waals surface area contributed by atoms with E-state index in [0.717, 1.165) is 0 Å². The molecule has 0 saturated heterocycles. The first-order valence-electron chi connectivity index (χ1n) is 4.75. The Hall–Kier alpha value is -2.28. The highest BCUT2D eigenvalue weighted by Gasteiger charge is 2.07. The molecule has 0 radical (unpaired) electrons. The van der Waals surface area contributed by atoms with Gasteiger partial charge in [0.05, 0.1) is 18.2 Å². The monoisotopic (exact) mass is 217 g/mol. The second-order valence-electron chi connectivity index (χ2n) is 2.98. The molecule has 1 N–H and O–H groups in total. The summed E-state index contributed by atoms with van der Waals surface area (Å²) in [5.41, 5.74) is 1.22. The van der Waals surface area contributed by atoms with E-state index in [9.17, 15) is 4.79 Å². The molecular weight excluding hydrogens is 206 g/mol. The van der Waals surface area contributed by atoms with Crippen molar-refractivity contribution in [3.05, 3.63) is 41.2 Å². The Bertz CT molecular complexity index is 440. The molecule has 82 valence electrons. The minimum atomic E-state index is -1.11. The number of benzene rings is 1. The molecule has 0 aliphatic rings. The molecular formula is C12H11NO3. The third-order valence-electron chi connectivity index (χ3n) is 1.85. The number of carboxylic acid groups (broad SMARTS) is 1. The first kappa shape index (κ1) is 11.8. The van der Waals surface area contributed by atoms with Gasteiger partial charge in [0.2, 0.25) is 5.76 Å². The summed E-state index contributed by atoms with van der Waals surface area (Å²) in [4.78, 5) is 10.8. The number of ether oxygens (including phenoxy) is 1. The Kier molecular flexibility index (Phi) is 4.10. The first-order valence-corrected chi connectivity index (χ1v) is 4.75. The van der Waals surface area contributed by atoms with Gasteiger partial charge in [-0.1, -0.05) is 12.1 Å². The second kappa shape index (κ2) is 5.56. The van der Waals surface area contributed by atoms with Crippen molar-refractivity contribution in [2.45, 2.75) is 6.92 Å². The van der Waals surface area contributed by atoms with Gasteiger partial charge in [-0.25, -0.2) is 4.79 Å². The number of rotatable bonds is 4. The van der Waals surface area contributed by atoms with Crippen LogP contribution >= 0.6 is 0 Å². The Morgan fingerprint density at radius 1 is 1.50 bits per heavy atom. The minimum Gasteiger partial charge on any atom is -0.487 e. The summed E-state index contributed by atoms with van der Waals surface area (Å²) in [6, 6.07) is 8.57. The lowest BCUT2D eigenvalue weighted by Gasteiger charge is -2.03. The molecule has 0 aliphatic heterocycles. The quantitative estimate of drug-likeness (QED) is 0.618. The van der Waals surface area contributed by atoms with E-state index in [1.165, 1.54) is 6.08 Å². The summed E-state index contributed by atoms with van der Waals surface area (Å²) in [7, 11) is 0. The largest absolute Gasteiger partial charge is 0.487 e. The summed E-state index contributed by atoms with van der Waals surface area (Å²) in [5, 5.41) is 17.4. The van der Waals surface area contributed by atoms with Gasteiger partial charge in [0, 0.05) is 0 Å². The Labute approximate surface area is 93.4 Å². The van der Waals surface area contributed by atoms with E-state index < -0.39 is 5.97 Å². The third-order valence-corrected chi connectivity index (χ3v) is 1.85. The van der Waals surface area contributed by atoms with E-state index in [1.807, 2.05) is 6.07 Å². The van der Waals surface area contributed by atoms with Crippen molar-refractivity contribution >= 4 is 12.0 Å². The second-order valence-corrected chi connectivity index (χ2v) is 2.98. The van der Waals surface area contributed by atoms with E-state index in [4.69, 9.17) is 15.1 Å². The van der Waals surface area contributed by atoms with Crippen LogP contribution in [0, 0.1) is 11.3 Å². The van der Waals surface area contributed by atoms with Crippen molar-refractivity contribution in [3.8, 4) is 6.07 Å². The highest BCUT2D eigenvalue weighted by Crippen LogP contribution is 2.09. The maximum absolute atomic E-state index is 10.8. The van der Waals surface area contributed by atoms with Crippen molar-refractivity contribution in [1.29, 1.82) is 5.26 Å². The third kappa shape index (κ3) is 3.14. The van der Waals surface area contributed by atoms with Gasteiger partial charge in [-0.2, -0.15) is 5.26 Å². The number of carboxylic acids is 1. The van der Waals surface area contributed by atoms with Crippen LogP contribution in [-0.2, 0) is 9.53 Å². The van der Waals surface area contributed by atoms with Crippen LogP contribution in [0.5, 0.6) is 0 Å². The molecule has 0 aliphatic carbocycles. The lowest BCUT2D eigenvalue weighted by Crippen LogP contribution is -2.04. The first-order chi connectivity index (χ1) is 7.67. The van der Waals surface area contributed by atoms with Crippen LogP contribution in [0.15, 0.2) is 30.0 Å². The zero-order valence-corrected chi connectivity index (χ0v) is 8.80. The average Bonchev–Trinajstić information content (AvgIpc) is 2.29. The van der Waals surface area contributed by atoms with Crippen LogP contribution in [0.1, 0.15) is 18.1 Å². The normalized spacial score (nSPS) is 10.6. The predicted octanol–water partition coefficient (Wildman–Crippen LogP) is 2.02. The van der Waals surface area contributed by atoms with Crippen LogP contribution < -0.4 is 0 Å². The molecule has 1 aromatic rings. The summed E-state index contributed by atoms with van der Waals surface area (Å²) in [6.07, 6.45) is 1.42. The molecule has 0 atom stereocenters. The van der Waals surface area contributed by atoms with Crippen molar-refractivity contribution in [2.75, 3.05) is 6.61 Å². The number of carbonyl (C=O) groups is 1. The predicted molar refractivity (Wildman–Crippen MR) is 58.4 cm³/mol. The van der Waals surface area contributed by atoms with Gasteiger partial charge in [-0.3, -0.25) is 0 Å². The fourth-order valence-electron chi connectivity index (χ4n) is 1.13. The van der Waals surface area contributed by atoms with Crippen LogP contribution in [0.2, 0.25) is 0 Å². The summed E-state index contributed by atoms with van der Waals surface area (Å²) in [5.74, 6) is -1.21. The molecule has 0 fully saturated rings. The van der Waals surface area contributed by atoms with Gasteiger partial charge >= 0.3 is 5.97 Å². The van der Waals surface area contributed by atoms with Crippen LogP contribution in [-0.4, -0.2) is 17.7 Å². The Morgan fingerprint density at radius 3 is 2.56 bits per heavy atom. The average molecular weight is 217 g/mol. The Balaban J connectivity index is 2.95. The smallest absolute Gasteiger partial charge is 0.371 e. The maximum atomic E-state index is 10.8. The molecule has 16 heavy (non-hydrogen) atoms. The van der Waals surface area contributed by atoms with Crippen molar-refractivity contribution in [3.63, 3.8) is 0 Å². The molecule has 0 aromatic heterocycles. The molecule has 0 bridgehead atoms. The fraction of sp³-hybridized carbons (Fsp3) is 0.167. The van der Waals surface area contributed by atoms with Gasteiger partial charge < -0.3 is 9.84 Å². The van der Waals surface area contributed by atoms with Gasteiger partial charge in [-0.15, -0.1) is 0 Å². The molecule has 1 aromatic carbocycles. The summed E-state index contributed by atoms with van der Waals surface area (Å²) < 4.78 is 4.96. The highest BCUT2D eigenvalue weighted by molar-refractivity contribution is 5.89. The van der Waals surface area contributed by atoms with Crippen LogP contribution in [0.4, 0.5) is 0 Å². The standard InChI is InChI=1S/C12H11NO3/c1-2-16-11(12(14)15)7-9-3-5-10(8-13)6-4-9/h3-7H,2H2,1H3,(H,14,15)/b11-7-. The van der Waals surface area contributed by atoms with Crippen molar-refractivity contribution in [2.24, 2.45) is 0 Å². The van der Waals surface area contributed by atoms with Gasteiger partial charge in [-0.05, 0) is 30.7 Å². The number of hydrogen-bond acceptors (Lipinski definition) is 3. The number of nitriles is 1. The van der Waals surface area contributed by atoms with Gasteiger partial charge in [0.25, 0.3) is 0 Å². The maximum Gasteiger partial charge on any atom is 0.371 e. The number of nitrogens with zero attached hydrogens (tertiary/aromatic N) is 1. The van der Waals surface area contributed by atoms with Gasteiger partial charge in [0.1, 0.15) is 0 Å². The lowest BCUT2D eigenvalue weighted by molar-refractivity contribution is -0.136. The van der Waals surface area contributed by atoms with E-state index in [1.54, 1.807) is 31.2 Å². The van der Waals surface area contributed by atoms with Crippen molar-refractivity contribution < 1.29 is 14.6 Å². The van der Waals surface area contributed by atoms with E-state index in [0.29, 0.717) is 17.7 Å². The number of hydrogen-bond donors (Lipinski definition) is 1. The zero-order chi connectivity index (χ0) is 12.0. The highest BCUT2D eigenvalue weighted by atomic mass is 16.5. The van der Waals surface area contributed by atoms with Crippen molar-refractivity contribution in [1.82, 2.24) is 0 Å². The van der Waals surface area contributed by atoms with E-state index in [2.05, 4.69) is 0 Å². The zero-order valence-electron chi connectivity index (χ0n) is 8.80. The van der Waals surface area contributed by atoms with E-state index >= 15 is 0 Å². The fourth-order valence-corrected chi connectivity index (χ4v) is 1.13. The van der Waals surface area contributed by atoms with Crippen LogP contribution in [0.25, 0.3) is 6.08 Å². The van der Waals surface area contributed by atoms with Gasteiger partial charge in [0.15, 0.2) is 0 Å². The molecule has 0 spiro atoms. The summed E-state index contributed by atoms with van der Waals surface area (Å²) >= 11 is 0. The Morgan fingerprint density at radius 2 is 2.12 bits per heavy atom. The molecule has 0 amide bonds. The molecule has 1 rings (SSSR count). The van der Waals surface area contributed by atoms with E-state index in [-0.39, 0.29) is 5.76 Å². The molecule has 0 heterocycles.